The van der Waals surface area contributed by atoms with Crippen molar-refractivity contribution in [3.63, 3.8) is 0 Å². The van der Waals surface area contributed by atoms with Gasteiger partial charge in [0.05, 0.1) is 11.5 Å². The first-order valence-corrected chi connectivity index (χ1v) is 5.54. The molecule has 0 bridgehead atoms. The van der Waals surface area contributed by atoms with Crippen LogP contribution in [0.15, 0.2) is 29.8 Å². The number of ether oxygens (including phenoxy) is 1. The summed E-state index contributed by atoms with van der Waals surface area (Å²) < 4.78 is 4.77. The highest BCUT2D eigenvalue weighted by atomic mass is 16.6. The van der Waals surface area contributed by atoms with Crippen molar-refractivity contribution in [2.75, 3.05) is 6.61 Å². The second kappa shape index (κ2) is 6.31. The largest absolute Gasteiger partial charge is 0.462 e. The summed E-state index contributed by atoms with van der Waals surface area (Å²) >= 11 is 0. The number of hydrogen-bond acceptors (Lipinski definition) is 5. The van der Waals surface area contributed by atoms with Gasteiger partial charge in [0.2, 0.25) is 0 Å². The Morgan fingerprint density at radius 1 is 1.42 bits per heavy atom. The normalized spacial score (nSPS) is 11.2. The summed E-state index contributed by atoms with van der Waals surface area (Å²) in [5.74, 6) is -0.694. The van der Waals surface area contributed by atoms with Crippen molar-refractivity contribution in [1.82, 2.24) is 0 Å². The number of non-ortho nitro benzene ring substituents is 1. The fraction of sp³-hybridized carbons (Fsp3) is 0.231. The topological polar surface area (TPSA) is 93.2 Å². The van der Waals surface area contributed by atoms with Crippen LogP contribution in [0.2, 0.25) is 0 Å². The maximum Gasteiger partial charge on any atom is 0.349 e. The molecule has 1 aromatic rings. The second-order valence-corrected chi connectivity index (χ2v) is 3.64. The predicted octanol–water partition coefficient (Wildman–Crippen LogP) is 2.45. The SMILES string of the molecule is CCOC(=O)/C(C#N)=C(/C)c1ccc([N+](=O)[O-])cc1. The van der Waals surface area contributed by atoms with Gasteiger partial charge < -0.3 is 4.74 Å². The minimum Gasteiger partial charge on any atom is -0.462 e. The molecule has 0 saturated heterocycles. The number of nitriles is 1. The Kier molecular flexibility index (Phi) is 4.77. The first-order chi connectivity index (χ1) is 9.01. The van der Waals surface area contributed by atoms with E-state index in [1.54, 1.807) is 19.9 Å². The van der Waals surface area contributed by atoms with Crippen LogP contribution in [0.3, 0.4) is 0 Å². The summed E-state index contributed by atoms with van der Waals surface area (Å²) in [6.07, 6.45) is 0. The third kappa shape index (κ3) is 3.39. The molecule has 0 N–H and O–H groups in total. The zero-order chi connectivity index (χ0) is 14.4. The average molecular weight is 260 g/mol. The molecule has 98 valence electrons. The molecule has 0 unspecified atom stereocenters. The highest BCUT2D eigenvalue weighted by Crippen LogP contribution is 2.21. The third-order valence-electron chi connectivity index (χ3n) is 2.48. The second-order valence-electron chi connectivity index (χ2n) is 3.64. The van der Waals surface area contributed by atoms with Crippen molar-refractivity contribution in [1.29, 1.82) is 5.26 Å². The summed E-state index contributed by atoms with van der Waals surface area (Å²) in [6.45, 7) is 3.42. The highest BCUT2D eigenvalue weighted by molar-refractivity contribution is 6.01. The van der Waals surface area contributed by atoms with Crippen molar-refractivity contribution >= 4 is 17.2 Å². The molecule has 1 aromatic carbocycles. The van der Waals surface area contributed by atoms with Crippen LogP contribution >= 0.6 is 0 Å². The van der Waals surface area contributed by atoms with E-state index in [0.29, 0.717) is 11.1 Å². The van der Waals surface area contributed by atoms with E-state index in [0.717, 1.165) is 0 Å². The van der Waals surface area contributed by atoms with Crippen LogP contribution < -0.4 is 0 Å². The molecule has 19 heavy (non-hydrogen) atoms. The molecular formula is C13H12N2O4. The number of allylic oxidation sites excluding steroid dienone is 1. The molecule has 0 amide bonds. The lowest BCUT2D eigenvalue weighted by Gasteiger charge is -2.05. The van der Waals surface area contributed by atoms with Gasteiger partial charge in [-0.15, -0.1) is 0 Å². The van der Waals surface area contributed by atoms with Gasteiger partial charge in [-0.05, 0) is 37.1 Å². The molecular weight excluding hydrogens is 248 g/mol. The van der Waals surface area contributed by atoms with Gasteiger partial charge in [-0.25, -0.2) is 4.79 Å². The summed E-state index contributed by atoms with van der Waals surface area (Å²) in [4.78, 5) is 21.6. The number of carbonyl (C=O) groups is 1. The molecule has 0 aliphatic rings. The summed E-state index contributed by atoms with van der Waals surface area (Å²) in [5.41, 5.74) is 0.841. The Morgan fingerprint density at radius 2 is 2.00 bits per heavy atom. The van der Waals surface area contributed by atoms with Gasteiger partial charge in [-0.1, -0.05) is 0 Å². The van der Waals surface area contributed by atoms with Crippen LogP contribution in [0.4, 0.5) is 5.69 Å². The van der Waals surface area contributed by atoms with E-state index in [1.165, 1.54) is 24.3 Å². The van der Waals surface area contributed by atoms with Gasteiger partial charge in [0, 0.05) is 12.1 Å². The molecule has 0 aliphatic carbocycles. The van der Waals surface area contributed by atoms with Gasteiger partial charge in [0.1, 0.15) is 11.6 Å². The van der Waals surface area contributed by atoms with Crippen molar-refractivity contribution < 1.29 is 14.5 Å². The minimum absolute atomic E-state index is 0.0498. The molecule has 0 aliphatic heterocycles. The first-order valence-electron chi connectivity index (χ1n) is 5.54. The molecule has 0 atom stereocenters. The molecule has 0 heterocycles. The number of nitrogens with zero attached hydrogens (tertiary/aromatic N) is 2. The van der Waals surface area contributed by atoms with Gasteiger partial charge in [-0.3, -0.25) is 10.1 Å². The fourth-order valence-corrected chi connectivity index (χ4v) is 1.46. The zero-order valence-electron chi connectivity index (χ0n) is 10.5. The molecule has 1 rings (SSSR count). The van der Waals surface area contributed by atoms with Gasteiger partial charge in [0.25, 0.3) is 5.69 Å². The maximum atomic E-state index is 11.6. The number of rotatable bonds is 4. The zero-order valence-corrected chi connectivity index (χ0v) is 10.5. The Hall–Kier alpha value is -2.68. The van der Waals surface area contributed by atoms with E-state index in [-0.39, 0.29) is 17.9 Å². The van der Waals surface area contributed by atoms with Crippen LogP contribution in [-0.2, 0) is 9.53 Å². The lowest BCUT2D eigenvalue weighted by molar-refractivity contribution is -0.384. The summed E-state index contributed by atoms with van der Waals surface area (Å²) in [5, 5.41) is 19.5. The molecule has 0 spiro atoms. The van der Waals surface area contributed by atoms with E-state index in [2.05, 4.69) is 0 Å². The van der Waals surface area contributed by atoms with Crippen LogP contribution in [0.25, 0.3) is 5.57 Å². The Labute approximate surface area is 110 Å². The highest BCUT2D eigenvalue weighted by Gasteiger charge is 2.15. The molecule has 0 aromatic heterocycles. The van der Waals surface area contributed by atoms with Crippen molar-refractivity contribution in [2.24, 2.45) is 0 Å². The van der Waals surface area contributed by atoms with Gasteiger partial charge in [-0.2, -0.15) is 5.26 Å². The predicted molar refractivity (Wildman–Crippen MR) is 67.9 cm³/mol. The quantitative estimate of drug-likeness (QED) is 0.272. The summed E-state index contributed by atoms with van der Waals surface area (Å²) in [7, 11) is 0. The molecule has 6 nitrogen and oxygen atoms in total. The van der Waals surface area contributed by atoms with Crippen LogP contribution in [0.1, 0.15) is 19.4 Å². The average Bonchev–Trinajstić information content (AvgIpc) is 2.39. The molecule has 0 saturated carbocycles. The molecule has 6 heteroatoms. The number of carbonyl (C=O) groups excluding carboxylic acids is 1. The van der Waals surface area contributed by atoms with Gasteiger partial charge >= 0.3 is 5.97 Å². The van der Waals surface area contributed by atoms with Crippen molar-refractivity contribution in [2.45, 2.75) is 13.8 Å². The Bertz CT molecular complexity index is 567. The van der Waals surface area contributed by atoms with Crippen LogP contribution in [0, 0.1) is 21.4 Å². The van der Waals surface area contributed by atoms with Gasteiger partial charge in [0.15, 0.2) is 0 Å². The number of benzene rings is 1. The van der Waals surface area contributed by atoms with Crippen molar-refractivity contribution in [3.8, 4) is 6.07 Å². The van der Waals surface area contributed by atoms with E-state index in [1.807, 2.05) is 0 Å². The number of hydrogen-bond donors (Lipinski definition) is 0. The Morgan fingerprint density at radius 3 is 2.42 bits per heavy atom. The monoisotopic (exact) mass is 260 g/mol. The Balaban J connectivity index is 3.16. The molecule has 0 fully saturated rings. The summed E-state index contributed by atoms with van der Waals surface area (Å²) in [6, 6.07) is 7.41. The lowest BCUT2D eigenvalue weighted by atomic mass is 10.0. The number of esters is 1. The number of nitro benzene ring substituents is 1. The fourth-order valence-electron chi connectivity index (χ4n) is 1.46. The third-order valence-corrected chi connectivity index (χ3v) is 2.48. The van der Waals surface area contributed by atoms with Crippen LogP contribution in [-0.4, -0.2) is 17.5 Å². The van der Waals surface area contributed by atoms with E-state index in [4.69, 9.17) is 10.00 Å². The smallest absolute Gasteiger partial charge is 0.349 e. The van der Waals surface area contributed by atoms with E-state index < -0.39 is 10.9 Å². The van der Waals surface area contributed by atoms with E-state index in [9.17, 15) is 14.9 Å². The standard InChI is InChI=1S/C13H12N2O4/c1-3-19-13(16)12(8-14)9(2)10-4-6-11(7-5-10)15(17)18/h4-7H,3H2,1-2H3/b12-9-. The maximum absolute atomic E-state index is 11.6. The molecule has 0 radical (unpaired) electrons. The van der Waals surface area contributed by atoms with Crippen molar-refractivity contribution in [3.05, 3.63) is 45.5 Å². The minimum atomic E-state index is -0.694. The van der Waals surface area contributed by atoms with Crippen LogP contribution in [0.5, 0.6) is 0 Å². The number of nitro groups is 1. The lowest BCUT2D eigenvalue weighted by Crippen LogP contribution is -2.08. The first kappa shape index (κ1) is 14.4. The van der Waals surface area contributed by atoms with E-state index >= 15 is 0 Å².